The number of benzene rings is 1. The SMILES string of the molecule is CC(C)C(=O)N1CCN(c2ccc(Cl)c(N)c2)CC1. The zero-order valence-corrected chi connectivity index (χ0v) is 12.2. The molecule has 0 radical (unpaired) electrons. The lowest BCUT2D eigenvalue weighted by atomic mass is 10.1. The Kier molecular flexibility index (Phi) is 4.20. The molecule has 19 heavy (non-hydrogen) atoms. The van der Waals surface area contributed by atoms with Crippen LogP contribution in [0.15, 0.2) is 18.2 Å². The molecule has 1 aliphatic heterocycles. The van der Waals surface area contributed by atoms with Crippen molar-refractivity contribution in [2.75, 3.05) is 36.8 Å². The molecular weight excluding hydrogens is 262 g/mol. The van der Waals surface area contributed by atoms with E-state index < -0.39 is 0 Å². The second-order valence-corrected chi connectivity index (χ2v) is 5.58. The van der Waals surface area contributed by atoms with Gasteiger partial charge in [-0.1, -0.05) is 25.4 Å². The molecule has 0 atom stereocenters. The molecule has 1 aromatic carbocycles. The summed E-state index contributed by atoms with van der Waals surface area (Å²) in [4.78, 5) is 16.1. The van der Waals surface area contributed by atoms with Gasteiger partial charge in [-0.2, -0.15) is 0 Å². The molecule has 1 fully saturated rings. The zero-order chi connectivity index (χ0) is 14.0. The Labute approximate surface area is 119 Å². The van der Waals surface area contributed by atoms with Gasteiger partial charge in [0.25, 0.3) is 0 Å². The number of rotatable bonds is 2. The van der Waals surface area contributed by atoms with Crippen molar-refractivity contribution in [3.63, 3.8) is 0 Å². The standard InChI is InChI=1S/C14H20ClN3O/c1-10(2)14(19)18-7-5-17(6-8-18)11-3-4-12(15)13(16)9-11/h3-4,9-10H,5-8,16H2,1-2H3. The van der Waals surface area contributed by atoms with E-state index in [2.05, 4.69) is 4.90 Å². The molecule has 0 aromatic heterocycles. The maximum absolute atomic E-state index is 11.9. The van der Waals surface area contributed by atoms with Crippen LogP contribution in [0.1, 0.15) is 13.8 Å². The number of anilines is 2. The van der Waals surface area contributed by atoms with Gasteiger partial charge in [0.05, 0.1) is 10.7 Å². The number of nitrogens with two attached hydrogens (primary N) is 1. The third kappa shape index (κ3) is 3.13. The Balaban J connectivity index is 2.00. The van der Waals surface area contributed by atoms with Gasteiger partial charge in [0.2, 0.25) is 5.91 Å². The summed E-state index contributed by atoms with van der Waals surface area (Å²) in [6.07, 6.45) is 0. The summed E-state index contributed by atoms with van der Waals surface area (Å²) in [5, 5.41) is 0.581. The van der Waals surface area contributed by atoms with Gasteiger partial charge in [-0.05, 0) is 18.2 Å². The highest BCUT2D eigenvalue weighted by Crippen LogP contribution is 2.25. The van der Waals surface area contributed by atoms with Crippen molar-refractivity contribution in [3.05, 3.63) is 23.2 Å². The lowest BCUT2D eigenvalue weighted by molar-refractivity contribution is -0.134. The number of halogens is 1. The van der Waals surface area contributed by atoms with E-state index in [4.69, 9.17) is 17.3 Å². The smallest absolute Gasteiger partial charge is 0.225 e. The summed E-state index contributed by atoms with van der Waals surface area (Å²) in [6, 6.07) is 5.68. The predicted molar refractivity (Wildman–Crippen MR) is 79.5 cm³/mol. The lowest BCUT2D eigenvalue weighted by Crippen LogP contribution is -2.49. The first-order valence-corrected chi connectivity index (χ1v) is 6.95. The molecule has 0 bridgehead atoms. The number of piperazine rings is 1. The minimum Gasteiger partial charge on any atom is -0.397 e. The van der Waals surface area contributed by atoms with Crippen LogP contribution in [0.4, 0.5) is 11.4 Å². The number of hydrogen-bond acceptors (Lipinski definition) is 3. The molecule has 0 unspecified atom stereocenters. The topological polar surface area (TPSA) is 49.6 Å². The fourth-order valence-corrected chi connectivity index (χ4v) is 2.40. The lowest BCUT2D eigenvalue weighted by Gasteiger charge is -2.37. The van der Waals surface area contributed by atoms with Gasteiger partial charge in [0, 0.05) is 37.8 Å². The molecule has 4 nitrogen and oxygen atoms in total. The Morgan fingerprint density at radius 3 is 2.42 bits per heavy atom. The number of nitrogens with zero attached hydrogens (tertiary/aromatic N) is 2. The second-order valence-electron chi connectivity index (χ2n) is 5.17. The molecule has 2 rings (SSSR count). The molecule has 1 aromatic rings. The summed E-state index contributed by atoms with van der Waals surface area (Å²) < 4.78 is 0. The van der Waals surface area contributed by atoms with Crippen LogP contribution in [0, 0.1) is 5.92 Å². The van der Waals surface area contributed by atoms with Gasteiger partial charge < -0.3 is 15.5 Å². The van der Waals surface area contributed by atoms with Crippen molar-refractivity contribution in [3.8, 4) is 0 Å². The quantitative estimate of drug-likeness (QED) is 0.846. The average molecular weight is 282 g/mol. The van der Waals surface area contributed by atoms with Crippen molar-refractivity contribution in [1.82, 2.24) is 4.90 Å². The molecule has 0 spiro atoms. The molecule has 1 heterocycles. The molecule has 0 saturated carbocycles. The van der Waals surface area contributed by atoms with Gasteiger partial charge >= 0.3 is 0 Å². The third-order valence-electron chi connectivity index (χ3n) is 3.43. The van der Waals surface area contributed by atoms with E-state index >= 15 is 0 Å². The molecule has 5 heteroatoms. The van der Waals surface area contributed by atoms with Crippen LogP contribution < -0.4 is 10.6 Å². The van der Waals surface area contributed by atoms with E-state index in [1.807, 2.05) is 36.9 Å². The molecule has 0 aliphatic carbocycles. The van der Waals surface area contributed by atoms with E-state index in [0.29, 0.717) is 10.7 Å². The van der Waals surface area contributed by atoms with Crippen LogP contribution in [0.2, 0.25) is 5.02 Å². The second kappa shape index (κ2) is 5.70. The molecule has 104 valence electrons. The third-order valence-corrected chi connectivity index (χ3v) is 3.77. The highest BCUT2D eigenvalue weighted by molar-refractivity contribution is 6.33. The zero-order valence-electron chi connectivity index (χ0n) is 11.4. The fraction of sp³-hybridized carbons (Fsp3) is 0.500. The summed E-state index contributed by atoms with van der Waals surface area (Å²) in [5.74, 6) is 0.299. The van der Waals surface area contributed by atoms with E-state index in [-0.39, 0.29) is 11.8 Å². The molecule has 1 amide bonds. The molecule has 1 aliphatic rings. The largest absolute Gasteiger partial charge is 0.397 e. The highest BCUT2D eigenvalue weighted by Gasteiger charge is 2.23. The van der Waals surface area contributed by atoms with Crippen molar-refractivity contribution in [2.45, 2.75) is 13.8 Å². The summed E-state index contributed by atoms with van der Waals surface area (Å²) >= 11 is 5.92. The van der Waals surface area contributed by atoms with Gasteiger partial charge in [0.15, 0.2) is 0 Å². The Hall–Kier alpha value is -1.42. The number of hydrogen-bond donors (Lipinski definition) is 1. The van der Waals surface area contributed by atoms with Crippen LogP contribution in [-0.2, 0) is 4.79 Å². The van der Waals surface area contributed by atoms with Crippen molar-refractivity contribution >= 4 is 28.9 Å². The van der Waals surface area contributed by atoms with E-state index in [9.17, 15) is 4.79 Å². The van der Waals surface area contributed by atoms with E-state index in [1.54, 1.807) is 0 Å². The Bertz CT molecular complexity index is 468. The Morgan fingerprint density at radius 2 is 1.89 bits per heavy atom. The summed E-state index contributed by atoms with van der Waals surface area (Å²) in [5.41, 5.74) is 7.48. The van der Waals surface area contributed by atoms with Crippen LogP contribution >= 0.6 is 11.6 Å². The first-order valence-electron chi connectivity index (χ1n) is 6.58. The summed E-state index contributed by atoms with van der Waals surface area (Å²) in [6.45, 7) is 7.07. The number of carbonyl (C=O) groups is 1. The number of nitrogen functional groups attached to an aromatic ring is 1. The van der Waals surface area contributed by atoms with Gasteiger partial charge in [-0.25, -0.2) is 0 Å². The van der Waals surface area contributed by atoms with Crippen molar-refractivity contribution in [1.29, 1.82) is 0 Å². The predicted octanol–water partition coefficient (Wildman–Crippen LogP) is 2.23. The van der Waals surface area contributed by atoms with Gasteiger partial charge in [-0.3, -0.25) is 4.79 Å². The van der Waals surface area contributed by atoms with Crippen LogP contribution in [0.25, 0.3) is 0 Å². The van der Waals surface area contributed by atoms with Crippen LogP contribution in [-0.4, -0.2) is 37.0 Å². The van der Waals surface area contributed by atoms with Crippen LogP contribution in [0.3, 0.4) is 0 Å². The maximum atomic E-state index is 11.9. The maximum Gasteiger partial charge on any atom is 0.225 e. The van der Waals surface area contributed by atoms with E-state index in [0.717, 1.165) is 31.9 Å². The minimum atomic E-state index is 0.0673. The Morgan fingerprint density at radius 1 is 1.26 bits per heavy atom. The van der Waals surface area contributed by atoms with Gasteiger partial charge in [0.1, 0.15) is 0 Å². The molecular formula is C14H20ClN3O. The normalized spacial score (nSPS) is 16.0. The minimum absolute atomic E-state index is 0.0673. The van der Waals surface area contributed by atoms with E-state index in [1.165, 1.54) is 0 Å². The number of carbonyl (C=O) groups excluding carboxylic acids is 1. The van der Waals surface area contributed by atoms with Crippen molar-refractivity contribution < 1.29 is 4.79 Å². The molecule has 2 N–H and O–H groups in total. The number of amides is 1. The van der Waals surface area contributed by atoms with Crippen LogP contribution in [0.5, 0.6) is 0 Å². The summed E-state index contributed by atoms with van der Waals surface area (Å²) in [7, 11) is 0. The first-order chi connectivity index (χ1) is 8.99. The molecule has 1 saturated heterocycles. The fourth-order valence-electron chi connectivity index (χ4n) is 2.28. The highest BCUT2D eigenvalue weighted by atomic mass is 35.5. The van der Waals surface area contributed by atoms with Crippen molar-refractivity contribution in [2.24, 2.45) is 5.92 Å². The average Bonchev–Trinajstić information content (AvgIpc) is 2.41. The first kappa shape index (κ1) is 14.0. The monoisotopic (exact) mass is 281 g/mol. The van der Waals surface area contributed by atoms with Gasteiger partial charge in [-0.15, -0.1) is 0 Å².